The van der Waals surface area contributed by atoms with Crippen LogP contribution in [0.2, 0.25) is 0 Å². The van der Waals surface area contributed by atoms with Crippen molar-refractivity contribution in [2.24, 2.45) is 5.73 Å². The number of carboxylic acid groups (broad SMARTS) is 1. The second-order valence-corrected chi connectivity index (χ2v) is 9.43. The summed E-state index contributed by atoms with van der Waals surface area (Å²) in [6, 6.07) is 19.2. The molecule has 3 aromatic rings. The zero-order valence-corrected chi connectivity index (χ0v) is 20.8. The van der Waals surface area contributed by atoms with Crippen LogP contribution in [0.3, 0.4) is 0 Å². The van der Waals surface area contributed by atoms with Crippen LogP contribution in [-0.2, 0) is 26.2 Å². The molecule has 8 nitrogen and oxygen atoms in total. The third-order valence-electron chi connectivity index (χ3n) is 6.84. The summed E-state index contributed by atoms with van der Waals surface area (Å²) < 4.78 is 1.48. The highest BCUT2D eigenvalue weighted by Crippen LogP contribution is 2.36. The van der Waals surface area contributed by atoms with Crippen LogP contribution in [0.1, 0.15) is 35.1 Å². The van der Waals surface area contributed by atoms with Gasteiger partial charge in [-0.2, -0.15) is 0 Å². The monoisotopic (exact) mass is 513 g/mol. The van der Waals surface area contributed by atoms with E-state index < -0.39 is 41.7 Å². The number of aromatic nitrogens is 1. The number of carbonyl (C=O) groups excluding carboxylic acids is 2. The van der Waals surface area contributed by atoms with Crippen LogP contribution in [0.4, 0.5) is 0 Å². The Hall–Kier alpha value is -4.43. The minimum Gasteiger partial charge on any atom is -0.481 e. The Kier molecular flexibility index (Phi) is 8.23. The van der Waals surface area contributed by atoms with Crippen molar-refractivity contribution in [3.8, 4) is 0 Å². The molecule has 2 aromatic carbocycles. The van der Waals surface area contributed by atoms with E-state index in [1.807, 2.05) is 72.8 Å². The molecule has 0 aliphatic heterocycles. The van der Waals surface area contributed by atoms with Crippen LogP contribution >= 0.6 is 0 Å². The van der Waals surface area contributed by atoms with Gasteiger partial charge in [-0.1, -0.05) is 85.0 Å². The molecule has 196 valence electrons. The van der Waals surface area contributed by atoms with E-state index in [1.165, 1.54) is 4.57 Å². The van der Waals surface area contributed by atoms with Crippen molar-refractivity contribution in [2.75, 3.05) is 6.61 Å². The van der Waals surface area contributed by atoms with E-state index in [-0.39, 0.29) is 12.5 Å². The van der Waals surface area contributed by atoms with Crippen LogP contribution in [0.5, 0.6) is 0 Å². The molecular weight excluding hydrogens is 482 g/mol. The van der Waals surface area contributed by atoms with Gasteiger partial charge in [0.2, 0.25) is 11.8 Å². The van der Waals surface area contributed by atoms with Gasteiger partial charge in [-0.05, 0) is 29.2 Å². The number of carbonyl (C=O) groups is 3. The lowest BCUT2D eigenvalue weighted by Gasteiger charge is -2.28. The third-order valence-corrected chi connectivity index (χ3v) is 6.84. The van der Waals surface area contributed by atoms with Crippen molar-refractivity contribution in [1.29, 1.82) is 0 Å². The van der Waals surface area contributed by atoms with Crippen molar-refractivity contribution in [3.05, 3.63) is 120 Å². The molecular formula is C30H31N3O5. The van der Waals surface area contributed by atoms with Crippen LogP contribution < -0.4 is 11.1 Å². The molecule has 0 radical (unpaired) electrons. The molecule has 0 fully saturated rings. The number of hydrogen-bond donors (Lipinski definition) is 4. The summed E-state index contributed by atoms with van der Waals surface area (Å²) in [7, 11) is 0. The Morgan fingerprint density at radius 2 is 1.61 bits per heavy atom. The topological polar surface area (TPSA) is 135 Å². The first-order valence-electron chi connectivity index (χ1n) is 12.4. The lowest BCUT2D eigenvalue weighted by Crippen LogP contribution is -2.43. The molecule has 1 aromatic heterocycles. The first-order valence-corrected chi connectivity index (χ1v) is 12.4. The first-order chi connectivity index (χ1) is 18.3. The molecule has 4 rings (SSSR count). The maximum atomic E-state index is 13.2. The van der Waals surface area contributed by atoms with Gasteiger partial charge in [0, 0.05) is 18.3 Å². The van der Waals surface area contributed by atoms with Crippen molar-refractivity contribution in [3.63, 3.8) is 0 Å². The molecule has 2 unspecified atom stereocenters. The van der Waals surface area contributed by atoms with E-state index >= 15 is 0 Å². The highest BCUT2D eigenvalue weighted by molar-refractivity contribution is 5.92. The van der Waals surface area contributed by atoms with Crippen LogP contribution in [0, 0.1) is 0 Å². The number of hydrogen-bond acceptors (Lipinski definition) is 4. The molecule has 38 heavy (non-hydrogen) atoms. The quantitative estimate of drug-likeness (QED) is 0.293. The van der Waals surface area contributed by atoms with Crippen molar-refractivity contribution < 1.29 is 24.6 Å². The fourth-order valence-electron chi connectivity index (χ4n) is 4.73. The standard InChI is InChI=1S/C30H31N3O5/c31-29(38)30(14-11-23(12-15-30)22-9-5-2-6-10-22)24-13-16-33(19-24)26(18-27(35)36)28(37)32-25(20-34)17-21-7-3-1-4-8-21/h1-16,19,23,25-26,34H,17-18,20H2,(H2,31,38)(H,32,37)(H,35,36). The second-order valence-electron chi connectivity index (χ2n) is 9.43. The van der Waals surface area contributed by atoms with Gasteiger partial charge in [-0.3, -0.25) is 14.4 Å². The summed E-state index contributed by atoms with van der Waals surface area (Å²) >= 11 is 0. The molecule has 0 spiro atoms. The van der Waals surface area contributed by atoms with Gasteiger partial charge < -0.3 is 25.8 Å². The van der Waals surface area contributed by atoms with Crippen molar-refractivity contribution in [1.82, 2.24) is 9.88 Å². The fraction of sp³-hybridized carbons (Fsp3) is 0.233. The van der Waals surface area contributed by atoms with E-state index in [0.717, 1.165) is 11.1 Å². The maximum Gasteiger partial charge on any atom is 0.306 e. The van der Waals surface area contributed by atoms with Gasteiger partial charge in [0.05, 0.1) is 19.1 Å². The molecule has 0 saturated carbocycles. The largest absolute Gasteiger partial charge is 0.481 e. The molecule has 1 heterocycles. The summed E-state index contributed by atoms with van der Waals surface area (Å²) in [5.74, 6) is -2.30. The number of amides is 2. The fourth-order valence-corrected chi connectivity index (χ4v) is 4.73. The smallest absolute Gasteiger partial charge is 0.306 e. The van der Waals surface area contributed by atoms with E-state index in [9.17, 15) is 24.6 Å². The lowest BCUT2D eigenvalue weighted by molar-refractivity contribution is -0.140. The van der Waals surface area contributed by atoms with Gasteiger partial charge in [0.1, 0.15) is 11.5 Å². The number of allylic oxidation sites excluding steroid dienone is 2. The number of nitrogens with one attached hydrogen (secondary N) is 1. The van der Waals surface area contributed by atoms with Crippen LogP contribution in [0.15, 0.2) is 103 Å². The number of rotatable bonds is 11. The lowest BCUT2D eigenvalue weighted by atomic mass is 9.75. The predicted molar refractivity (Wildman–Crippen MR) is 143 cm³/mol. The first kappa shape index (κ1) is 26.6. The predicted octanol–water partition coefficient (Wildman–Crippen LogP) is 2.86. The number of aliphatic hydroxyl groups excluding tert-OH is 1. The molecule has 1 aliphatic carbocycles. The Morgan fingerprint density at radius 3 is 2.18 bits per heavy atom. The highest BCUT2D eigenvalue weighted by atomic mass is 16.4. The number of primary amides is 1. The number of nitrogens with two attached hydrogens (primary N) is 1. The molecule has 1 aliphatic rings. The minimum absolute atomic E-state index is 0.0173. The number of carboxylic acids is 1. The van der Waals surface area contributed by atoms with E-state index in [4.69, 9.17) is 5.73 Å². The van der Waals surface area contributed by atoms with Gasteiger partial charge in [0.15, 0.2) is 0 Å². The average Bonchev–Trinajstić information content (AvgIpc) is 3.42. The summed E-state index contributed by atoms with van der Waals surface area (Å²) in [6.45, 7) is -0.305. The van der Waals surface area contributed by atoms with E-state index in [2.05, 4.69) is 5.32 Å². The summed E-state index contributed by atoms with van der Waals surface area (Å²) in [6.07, 6.45) is 10.4. The molecule has 0 saturated heterocycles. The van der Waals surface area contributed by atoms with Gasteiger partial charge >= 0.3 is 5.97 Å². The SMILES string of the molecule is NC(=O)C1(c2ccn(C(CC(=O)O)C(=O)NC(CO)Cc3ccccc3)c2)C=CC(c2ccccc2)C=C1. The molecule has 0 bridgehead atoms. The maximum absolute atomic E-state index is 13.2. The highest BCUT2D eigenvalue weighted by Gasteiger charge is 2.37. The number of nitrogens with zero attached hydrogens (tertiary/aromatic N) is 1. The van der Waals surface area contributed by atoms with Crippen LogP contribution in [0.25, 0.3) is 0 Å². The zero-order valence-electron chi connectivity index (χ0n) is 20.8. The van der Waals surface area contributed by atoms with Gasteiger partial charge in [-0.15, -0.1) is 0 Å². The second kappa shape index (κ2) is 11.7. The van der Waals surface area contributed by atoms with Crippen molar-refractivity contribution in [2.45, 2.75) is 36.3 Å². The van der Waals surface area contributed by atoms with Crippen molar-refractivity contribution >= 4 is 17.8 Å². The molecule has 5 N–H and O–H groups in total. The number of aliphatic hydroxyl groups is 1. The minimum atomic E-state index is -1.23. The summed E-state index contributed by atoms with van der Waals surface area (Å²) in [5.41, 5.74) is 7.14. The number of benzene rings is 2. The average molecular weight is 514 g/mol. The van der Waals surface area contributed by atoms with Gasteiger partial charge in [0.25, 0.3) is 0 Å². The Labute approximate surface area is 221 Å². The molecule has 8 heteroatoms. The summed E-state index contributed by atoms with van der Waals surface area (Å²) in [5, 5.41) is 22.1. The van der Waals surface area contributed by atoms with Crippen LogP contribution in [-0.4, -0.2) is 45.2 Å². The van der Waals surface area contributed by atoms with Gasteiger partial charge in [-0.25, -0.2) is 0 Å². The Morgan fingerprint density at radius 1 is 0.974 bits per heavy atom. The zero-order chi connectivity index (χ0) is 27.1. The molecule has 2 amide bonds. The van der Waals surface area contributed by atoms with E-state index in [1.54, 1.807) is 30.6 Å². The summed E-state index contributed by atoms with van der Waals surface area (Å²) in [4.78, 5) is 37.5. The number of aliphatic carboxylic acids is 1. The van der Waals surface area contributed by atoms with E-state index in [0.29, 0.717) is 12.0 Å². The molecule has 2 atom stereocenters. The Bertz CT molecular complexity index is 1320. The Balaban J connectivity index is 1.57. The normalized spacial score (nSPS) is 20.0. The third kappa shape index (κ3) is 5.92.